The average Bonchev–Trinajstić information content (AvgIpc) is 2.48. The van der Waals surface area contributed by atoms with Crippen molar-refractivity contribution in [2.75, 3.05) is 11.1 Å². The van der Waals surface area contributed by atoms with Crippen molar-refractivity contribution in [3.63, 3.8) is 0 Å². The lowest BCUT2D eigenvalue weighted by Gasteiger charge is -2.06. The Bertz CT molecular complexity index is 629. The summed E-state index contributed by atoms with van der Waals surface area (Å²) in [6.45, 7) is 0. The van der Waals surface area contributed by atoms with Gasteiger partial charge in [0.25, 0.3) is 0 Å². The van der Waals surface area contributed by atoms with E-state index in [9.17, 15) is 9.59 Å². The van der Waals surface area contributed by atoms with Gasteiger partial charge in [-0.3, -0.25) is 9.59 Å². The van der Waals surface area contributed by atoms with Crippen LogP contribution in [0.5, 0.6) is 0 Å². The molecule has 0 saturated heterocycles. The summed E-state index contributed by atoms with van der Waals surface area (Å²) in [6.07, 6.45) is 0. The molecule has 0 aliphatic carbocycles. The molecule has 2 rings (SSSR count). The molecule has 0 unspecified atom stereocenters. The van der Waals surface area contributed by atoms with Gasteiger partial charge in [0.1, 0.15) is 0 Å². The number of primary amides is 1. The smallest absolute Gasteiger partial charge is 0.248 e. The van der Waals surface area contributed by atoms with E-state index < -0.39 is 5.91 Å². The molecule has 21 heavy (non-hydrogen) atoms. The summed E-state index contributed by atoms with van der Waals surface area (Å²) in [4.78, 5) is 22.9. The zero-order chi connectivity index (χ0) is 15.1. The van der Waals surface area contributed by atoms with Crippen LogP contribution in [-0.2, 0) is 10.5 Å². The molecule has 0 radical (unpaired) electrons. The predicted octanol–water partition coefficient (Wildman–Crippen LogP) is 2.66. The van der Waals surface area contributed by atoms with Crippen molar-refractivity contribution < 1.29 is 9.59 Å². The number of carbonyl (C=O) groups excluding carboxylic acids is 2. The summed E-state index contributed by atoms with van der Waals surface area (Å²) in [6, 6.07) is 16.6. The molecule has 0 fully saturated rings. The van der Waals surface area contributed by atoms with Crippen molar-refractivity contribution in [1.29, 1.82) is 0 Å². The second-order valence-electron chi connectivity index (χ2n) is 4.47. The maximum absolute atomic E-state index is 11.8. The normalized spacial score (nSPS) is 10.1. The first-order valence-corrected chi connectivity index (χ1v) is 7.62. The number of rotatable bonds is 6. The minimum absolute atomic E-state index is 0.0995. The lowest BCUT2D eigenvalue weighted by atomic mass is 10.2. The van der Waals surface area contributed by atoms with Crippen molar-refractivity contribution in [3.8, 4) is 0 Å². The largest absolute Gasteiger partial charge is 0.366 e. The van der Waals surface area contributed by atoms with Crippen LogP contribution in [0.2, 0.25) is 0 Å². The van der Waals surface area contributed by atoms with Crippen molar-refractivity contribution in [2.45, 2.75) is 5.75 Å². The van der Waals surface area contributed by atoms with E-state index in [0.29, 0.717) is 17.0 Å². The number of nitrogens with two attached hydrogens (primary N) is 1. The van der Waals surface area contributed by atoms with Gasteiger partial charge in [-0.05, 0) is 23.8 Å². The predicted molar refractivity (Wildman–Crippen MR) is 86.2 cm³/mol. The van der Waals surface area contributed by atoms with Gasteiger partial charge in [-0.2, -0.15) is 0 Å². The van der Waals surface area contributed by atoms with E-state index in [2.05, 4.69) is 5.32 Å². The fourth-order valence-electron chi connectivity index (χ4n) is 1.78. The first-order valence-electron chi connectivity index (χ1n) is 6.46. The molecule has 0 aliphatic heterocycles. The molecular formula is C16H16N2O2S. The molecule has 108 valence electrons. The Kier molecular flexibility index (Phi) is 5.40. The summed E-state index contributed by atoms with van der Waals surface area (Å²) in [5, 5.41) is 2.76. The monoisotopic (exact) mass is 300 g/mol. The molecule has 0 atom stereocenters. The van der Waals surface area contributed by atoms with Gasteiger partial charge in [-0.1, -0.05) is 36.4 Å². The molecule has 0 saturated carbocycles. The van der Waals surface area contributed by atoms with Crippen LogP contribution in [0.25, 0.3) is 0 Å². The molecule has 0 aromatic heterocycles. The first kappa shape index (κ1) is 15.1. The number of amides is 2. The molecule has 0 bridgehead atoms. The summed E-state index contributed by atoms with van der Waals surface area (Å²) in [5.74, 6) is 0.535. The van der Waals surface area contributed by atoms with E-state index in [1.165, 1.54) is 5.56 Å². The van der Waals surface area contributed by atoms with Crippen LogP contribution >= 0.6 is 11.8 Å². The summed E-state index contributed by atoms with van der Waals surface area (Å²) < 4.78 is 0. The van der Waals surface area contributed by atoms with Crippen molar-refractivity contribution in [2.24, 2.45) is 5.73 Å². The van der Waals surface area contributed by atoms with Gasteiger partial charge in [0.15, 0.2) is 0 Å². The van der Waals surface area contributed by atoms with Gasteiger partial charge in [0.05, 0.1) is 5.75 Å². The van der Waals surface area contributed by atoms with Crippen molar-refractivity contribution in [1.82, 2.24) is 0 Å². The molecule has 0 heterocycles. The molecule has 2 amide bonds. The fraction of sp³-hybridized carbons (Fsp3) is 0.125. The van der Waals surface area contributed by atoms with Crippen LogP contribution in [-0.4, -0.2) is 17.6 Å². The Labute approximate surface area is 127 Å². The van der Waals surface area contributed by atoms with E-state index in [-0.39, 0.29) is 5.91 Å². The molecule has 3 N–H and O–H groups in total. The molecule has 0 spiro atoms. The number of thioether (sulfide) groups is 1. The minimum atomic E-state index is -0.510. The maximum Gasteiger partial charge on any atom is 0.248 e. The maximum atomic E-state index is 11.8. The molecule has 5 heteroatoms. The highest BCUT2D eigenvalue weighted by Crippen LogP contribution is 2.14. The SMILES string of the molecule is NC(=O)c1cccc(NC(=O)CSCc2ccccc2)c1. The van der Waals surface area contributed by atoms with Crippen LogP contribution in [0, 0.1) is 0 Å². The second-order valence-corrected chi connectivity index (χ2v) is 5.46. The Morgan fingerprint density at radius 3 is 2.52 bits per heavy atom. The highest BCUT2D eigenvalue weighted by molar-refractivity contribution is 7.99. The first-order chi connectivity index (χ1) is 10.1. The van der Waals surface area contributed by atoms with Gasteiger partial charge < -0.3 is 11.1 Å². The molecule has 0 aliphatic rings. The number of benzene rings is 2. The zero-order valence-corrected chi connectivity index (χ0v) is 12.2. The van der Waals surface area contributed by atoms with Crippen LogP contribution in [0.3, 0.4) is 0 Å². The number of nitrogens with one attached hydrogen (secondary N) is 1. The Balaban J connectivity index is 1.82. The van der Waals surface area contributed by atoms with Gasteiger partial charge in [0, 0.05) is 17.0 Å². The molecular weight excluding hydrogens is 284 g/mol. The van der Waals surface area contributed by atoms with E-state index >= 15 is 0 Å². The Morgan fingerprint density at radius 2 is 1.81 bits per heavy atom. The molecule has 2 aromatic rings. The molecule has 4 nitrogen and oxygen atoms in total. The summed E-state index contributed by atoms with van der Waals surface area (Å²) in [7, 11) is 0. The Morgan fingerprint density at radius 1 is 1.05 bits per heavy atom. The summed E-state index contributed by atoms with van der Waals surface area (Å²) in [5.41, 5.74) is 7.35. The lowest BCUT2D eigenvalue weighted by molar-refractivity contribution is -0.113. The zero-order valence-electron chi connectivity index (χ0n) is 11.4. The van der Waals surface area contributed by atoms with Crippen molar-refractivity contribution in [3.05, 3.63) is 65.7 Å². The topological polar surface area (TPSA) is 72.2 Å². The van der Waals surface area contributed by atoms with Crippen LogP contribution in [0.1, 0.15) is 15.9 Å². The second kappa shape index (κ2) is 7.50. The van der Waals surface area contributed by atoms with Crippen LogP contribution in [0.4, 0.5) is 5.69 Å². The third-order valence-corrected chi connectivity index (χ3v) is 3.78. The number of hydrogen-bond donors (Lipinski definition) is 2. The molecule has 2 aromatic carbocycles. The van der Waals surface area contributed by atoms with Crippen molar-refractivity contribution >= 4 is 29.3 Å². The minimum Gasteiger partial charge on any atom is -0.366 e. The highest BCUT2D eigenvalue weighted by atomic mass is 32.2. The lowest BCUT2D eigenvalue weighted by Crippen LogP contribution is -2.15. The van der Waals surface area contributed by atoms with E-state index in [1.807, 2.05) is 30.3 Å². The third-order valence-electron chi connectivity index (χ3n) is 2.78. The summed E-state index contributed by atoms with van der Waals surface area (Å²) >= 11 is 1.54. The van der Waals surface area contributed by atoms with Gasteiger partial charge in [-0.25, -0.2) is 0 Å². The number of carbonyl (C=O) groups is 2. The highest BCUT2D eigenvalue weighted by Gasteiger charge is 2.05. The number of anilines is 1. The van der Waals surface area contributed by atoms with Gasteiger partial charge >= 0.3 is 0 Å². The van der Waals surface area contributed by atoms with Gasteiger partial charge in [0.2, 0.25) is 11.8 Å². The van der Waals surface area contributed by atoms with E-state index in [4.69, 9.17) is 5.73 Å². The Hall–Kier alpha value is -2.27. The number of hydrogen-bond acceptors (Lipinski definition) is 3. The fourth-order valence-corrected chi connectivity index (χ4v) is 2.57. The van der Waals surface area contributed by atoms with Crippen LogP contribution in [0.15, 0.2) is 54.6 Å². The third kappa shape index (κ3) is 4.96. The van der Waals surface area contributed by atoms with E-state index in [1.54, 1.807) is 36.0 Å². The average molecular weight is 300 g/mol. The van der Waals surface area contributed by atoms with Crippen LogP contribution < -0.4 is 11.1 Å². The quantitative estimate of drug-likeness (QED) is 0.861. The van der Waals surface area contributed by atoms with E-state index in [0.717, 1.165) is 5.75 Å². The van der Waals surface area contributed by atoms with Gasteiger partial charge in [-0.15, -0.1) is 11.8 Å². The standard InChI is InChI=1S/C16H16N2O2S/c17-16(20)13-7-4-8-14(9-13)18-15(19)11-21-10-12-5-2-1-3-6-12/h1-9H,10-11H2,(H2,17,20)(H,18,19).